The van der Waals surface area contributed by atoms with E-state index in [1.807, 2.05) is 31.2 Å². The monoisotopic (exact) mass is 260 g/mol. The molecule has 0 unspecified atom stereocenters. The molecule has 2 rings (SSSR count). The van der Waals surface area contributed by atoms with Crippen LogP contribution in [0.5, 0.6) is 0 Å². The maximum atomic E-state index is 8.76. The fourth-order valence-electron chi connectivity index (χ4n) is 1.66. The molecule has 0 aliphatic rings. The first kappa shape index (κ1) is 10.1. The molecule has 0 bridgehead atoms. The van der Waals surface area contributed by atoms with E-state index in [4.69, 9.17) is 5.26 Å². The molecule has 15 heavy (non-hydrogen) atoms. The predicted molar refractivity (Wildman–Crippen MR) is 63.5 cm³/mol. The molecule has 0 atom stereocenters. The lowest BCUT2D eigenvalue weighted by atomic mass is 10.1. The van der Waals surface area contributed by atoms with Crippen molar-refractivity contribution in [2.45, 2.75) is 13.3 Å². The molecule has 0 N–H and O–H groups in total. The summed E-state index contributed by atoms with van der Waals surface area (Å²) in [7, 11) is 0. The van der Waals surface area contributed by atoms with Gasteiger partial charge in [-0.15, -0.1) is 0 Å². The SMILES string of the molecule is Cc1cc(CC#N)c2cccc(Br)c2n1. The maximum absolute atomic E-state index is 8.76. The third kappa shape index (κ3) is 1.86. The number of para-hydroxylation sites is 1. The number of halogens is 1. The molecular formula is C12H9BrN2. The Morgan fingerprint density at radius 3 is 3.00 bits per heavy atom. The first-order valence-corrected chi connectivity index (χ1v) is 5.43. The van der Waals surface area contributed by atoms with Crippen molar-refractivity contribution in [2.24, 2.45) is 0 Å². The van der Waals surface area contributed by atoms with Gasteiger partial charge in [-0.3, -0.25) is 4.98 Å². The first-order chi connectivity index (χ1) is 7.22. The lowest BCUT2D eigenvalue weighted by molar-refractivity contribution is 1.19. The average Bonchev–Trinajstić information content (AvgIpc) is 2.20. The van der Waals surface area contributed by atoms with Crippen LogP contribution < -0.4 is 0 Å². The molecule has 74 valence electrons. The zero-order valence-electron chi connectivity index (χ0n) is 8.29. The maximum Gasteiger partial charge on any atom is 0.0850 e. The fraction of sp³-hybridized carbons (Fsp3) is 0.167. The first-order valence-electron chi connectivity index (χ1n) is 4.64. The Hall–Kier alpha value is -1.40. The van der Waals surface area contributed by atoms with Crippen molar-refractivity contribution in [1.29, 1.82) is 5.26 Å². The summed E-state index contributed by atoms with van der Waals surface area (Å²) in [5, 5.41) is 9.81. The number of pyridine rings is 1. The molecule has 1 aromatic heterocycles. The van der Waals surface area contributed by atoms with Gasteiger partial charge in [0, 0.05) is 15.6 Å². The fourth-order valence-corrected chi connectivity index (χ4v) is 2.11. The highest BCUT2D eigenvalue weighted by Crippen LogP contribution is 2.25. The van der Waals surface area contributed by atoms with Crippen LogP contribution in [0.2, 0.25) is 0 Å². The quantitative estimate of drug-likeness (QED) is 0.789. The van der Waals surface area contributed by atoms with Gasteiger partial charge in [-0.05, 0) is 40.5 Å². The number of aryl methyl sites for hydroxylation is 1. The van der Waals surface area contributed by atoms with Gasteiger partial charge in [0.2, 0.25) is 0 Å². The molecule has 2 nitrogen and oxygen atoms in total. The van der Waals surface area contributed by atoms with Crippen LogP contribution in [0, 0.1) is 18.3 Å². The zero-order chi connectivity index (χ0) is 10.8. The van der Waals surface area contributed by atoms with Crippen molar-refractivity contribution in [2.75, 3.05) is 0 Å². The summed E-state index contributed by atoms with van der Waals surface area (Å²) in [4.78, 5) is 4.46. The zero-order valence-corrected chi connectivity index (χ0v) is 9.87. The van der Waals surface area contributed by atoms with Gasteiger partial charge in [0.15, 0.2) is 0 Å². The van der Waals surface area contributed by atoms with Crippen molar-refractivity contribution >= 4 is 26.8 Å². The van der Waals surface area contributed by atoms with Crippen LogP contribution in [-0.2, 0) is 6.42 Å². The minimum atomic E-state index is 0.427. The third-order valence-electron chi connectivity index (χ3n) is 2.27. The van der Waals surface area contributed by atoms with Gasteiger partial charge in [-0.1, -0.05) is 12.1 Å². The van der Waals surface area contributed by atoms with Crippen LogP contribution in [-0.4, -0.2) is 4.98 Å². The summed E-state index contributed by atoms with van der Waals surface area (Å²) in [6.07, 6.45) is 0.427. The van der Waals surface area contributed by atoms with Crippen LogP contribution >= 0.6 is 15.9 Å². The molecule has 2 aromatic rings. The Morgan fingerprint density at radius 1 is 1.47 bits per heavy atom. The summed E-state index contributed by atoms with van der Waals surface area (Å²) >= 11 is 3.47. The number of hydrogen-bond acceptors (Lipinski definition) is 2. The Balaban J connectivity index is 2.81. The van der Waals surface area contributed by atoms with Crippen LogP contribution in [0.25, 0.3) is 10.9 Å². The molecule has 0 saturated carbocycles. The summed E-state index contributed by atoms with van der Waals surface area (Å²) in [6, 6.07) is 10.1. The lowest BCUT2D eigenvalue weighted by Gasteiger charge is -2.05. The average molecular weight is 261 g/mol. The standard InChI is InChI=1S/C12H9BrN2/c1-8-7-9(5-6-14)10-3-2-4-11(13)12(10)15-8/h2-4,7H,5H2,1H3. The van der Waals surface area contributed by atoms with Crippen LogP contribution in [0.15, 0.2) is 28.7 Å². The minimum Gasteiger partial charge on any atom is -0.252 e. The summed E-state index contributed by atoms with van der Waals surface area (Å²) < 4.78 is 0.975. The number of nitrogens with zero attached hydrogens (tertiary/aromatic N) is 2. The predicted octanol–water partition coefficient (Wildman–Crippen LogP) is 3.37. The van der Waals surface area contributed by atoms with Crippen molar-refractivity contribution in [3.05, 3.63) is 40.0 Å². The second-order valence-electron chi connectivity index (χ2n) is 3.39. The second-order valence-corrected chi connectivity index (χ2v) is 4.25. The number of fused-ring (bicyclic) bond motifs is 1. The normalized spacial score (nSPS) is 10.2. The number of nitriles is 1. The van der Waals surface area contributed by atoms with Gasteiger partial charge in [-0.25, -0.2) is 0 Å². The topological polar surface area (TPSA) is 36.7 Å². The molecule has 3 heteroatoms. The van der Waals surface area contributed by atoms with E-state index < -0.39 is 0 Å². The van der Waals surface area contributed by atoms with E-state index in [1.54, 1.807) is 0 Å². The molecule has 1 heterocycles. The van der Waals surface area contributed by atoms with E-state index >= 15 is 0 Å². The molecular weight excluding hydrogens is 252 g/mol. The Morgan fingerprint density at radius 2 is 2.27 bits per heavy atom. The minimum absolute atomic E-state index is 0.427. The van der Waals surface area contributed by atoms with Crippen molar-refractivity contribution < 1.29 is 0 Å². The third-order valence-corrected chi connectivity index (χ3v) is 2.91. The van der Waals surface area contributed by atoms with E-state index in [-0.39, 0.29) is 0 Å². The smallest absolute Gasteiger partial charge is 0.0850 e. The summed E-state index contributed by atoms with van der Waals surface area (Å²) in [6.45, 7) is 1.94. The van der Waals surface area contributed by atoms with E-state index in [2.05, 4.69) is 27.0 Å². The highest BCUT2D eigenvalue weighted by atomic mass is 79.9. The number of rotatable bonds is 1. The Labute approximate surface area is 96.7 Å². The lowest BCUT2D eigenvalue weighted by Crippen LogP contribution is -1.91. The summed E-state index contributed by atoms with van der Waals surface area (Å²) in [5.74, 6) is 0. The highest BCUT2D eigenvalue weighted by Gasteiger charge is 2.05. The van der Waals surface area contributed by atoms with Gasteiger partial charge in [-0.2, -0.15) is 5.26 Å². The highest BCUT2D eigenvalue weighted by molar-refractivity contribution is 9.10. The molecule has 0 aliphatic heterocycles. The molecule has 0 aliphatic carbocycles. The molecule has 0 amide bonds. The van der Waals surface area contributed by atoms with Crippen LogP contribution in [0.4, 0.5) is 0 Å². The number of hydrogen-bond donors (Lipinski definition) is 0. The van der Waals surface area contributed by atoms with Crippen molar-refractivity contribution in [1.82, 2.24) is 4.98 Å². The van der Waals surface area contributed by atoms with Crippen molar-refractivity contribution in [3.8, 4) is 6.07 Å². The Kier molecular flexibility index (Phi) is 2.70. The molecule has 0 fully saturated rings. The molecule has 1 aromatic carbocycles. The van der Waals surface area contributed by atoms with Crippen LogP contribution in [0.3, 0.4) is 0 Å². The molecule has 0 saturated heterocycles. The number of aromatic nitrogens is 1. The van der Waals surface area contributed by atoms with Gasteiger partial charge in [0.25, 0.3) is 0 Å². The molecule has 0 radical (unpaired) electrons. The van der Waals surface area contributed by atoms with E-state index in [0.717, 1.165) is 26.6 Å². The number of benzene rings is 1. The summed E-state index contributed by atoms with van der Waals surface area (Å²) in [5.41, 5.74) is 2.92. The van der Waals surface area contributed by atoms with Crippen molar-refractivity contribution in [3.63, 3.8) is 0 Å². The van der Waals surface area contributed by atoms with Gasteiger partial charge in [0.1, 0.15) is 0 Å². The van der Waals surface area contributed by atoms with E-state index in [0.29, 0.717) is 6.42 Å². The van der Waals surface area contributed by atoms with E-state index in [1.165, 1.54) is 0 Å². The second kappa shape index (κ2) is 4.00. The van der Waals surface area contributed by atoms with Gasteiger partial charge < -0.3 is 0 Å². The van der Waals surface area contributed by atoms with Gasteiger partial charge in [0.05, 0.1) is 18.0 Å². The van der Waals surface area contributed by atoms with E-state index in [9.17, 15) is 0 Å². The van der Waals surface area contributed by atoms with Gasteiger partial charge >= 0.3 is 0 Å². The largest absolute Gasteiger partial charge is 0.252 e. The van der Waals surface area contributed by atoms with Crippen LogP contribution in [0.1, 0.15) is 11.3 Å². The molecule has 0 spiro atoms. The Bertz CT molecular complexity index is 555.